The number of nitro groups is 1. The molecular weight excluding hydrogens is 348 g/mol. The van der Waals surface area contributed by atoms with E-state index < -0.39 is 16.9 Å². The normalized spacial score (nSPS) is 8.95. The summed E-state index contributed by atoms with van der Waals surface area (Å²) in [6.07, 6.45) is 0. The number of ether oxygens (including phenoxy) is 1. The molecule has 0 unspecified atom stereocenters. The summed E-state index contributed by atoms with van der Waals surface area (Å²) in [5, 5.41) is 12.9. The van der Waals surface area contributed by atoms with Crippen molar-refractivity contribution in [3.63, 3.8) is 0 Å². The molecule has 1 aromatic rings. The minimum atomic E-state index is -0.562. The number of hydrogen-bond donors (Lipinski definition) is 1. The highest BCUT2D eigenvalue weighted by Crippen LogP contribution is 2.26. The number of benzene rings is 1. The fourth-order valence-electron chi connectivity index (χ4n) is 1.11. The predicted molar refractivity (Wildman–Crippen MR) is 77.5 cm³/mol. The Morgan fingerprint density at radius 1 is 1.19 bits per heavy atom. The van der Waals surface area contributed by atoms with Crippen molar-refractivity contribution < 1.29 is 24.0 Å². The van der Waals surface area contributed by atoms with E-state index in [0.717, 1.165) is 0 Å². The van der Waals surface area contributed by atoms with Gasteiger partial charge in [0.15, 0.2) is 0 Å². The lowest BCUT2D eigenvalue weighted by molar-refractivity contribution is -0.384. The van der Waals surface area contributed by atoms with Crippen molar-refractivity contribution in [1.29, 1.82) is 0 Å². The van der Waals surface area contributed by atoms with Crippen molar-refractivity contribution in [2.75, 3.05) is 5.32 Å². The smallest absolute Gasteiger partial charge is 0.310 e. The van der Waals surface area contributed by atoms with Crippen LogP contribution in [-0.4, -0.2) is 22.8 Å². The summed E-state index contributed by atoms with van der Waals surface area (Å²) < 4.78 is 4.58. The number of carbonyl (C=O) groups excluding carboxylic acids is 3. The van der Waals surface area contributed by atoms with Gasteiger partial charge in [0, 0.05) is 37.4 Å². The van der Waals surface area contributed by atoms with Crippen LogP contribution in [-0.2, 0) is 19.1 Å². The second-order valence-electron chi connectivity index (χ2n) is 3.69. The highest BCUT2D eigenvalue weighted by Gasteiger charge is 2.09. The molecule has 0 atom stereocenters. The first-order chi connectivity index (χ1) is 9.63. The molecule has 114 valence electrons. The van der Waals surface area contributed by atoms with Crippen molar-refractivity contribution in [2.45, 2.75) is 20.8 Å². The van der Waals surface area contributed by atoms with Gasteiger partial charge in [0.2, 0.25) is 5.91 Å². The van der Waals surface area contributed by atoms with Crippen LogP contribution in [0.15, 0.2) is 22.7 Å². The fraction of sp³-hybridized carbons (Fsp3) is 0.250. The topological polar surface area (TPSA) is 116 Å². The molecule has 0 spiro atoms. The molecular formula is C12H13BrN2O6. The van der Waals surface area contributed by atoms with Crippen molar-refractivity contribution in [3.05, 3.63) is 32.8 Å². The van der Waals surface area contributed by atoms with E-state index in [-0.39, 0.29) is 11.6 Å². The van der Waals surface area contributed by atoms with Gasteiger partial charge in [-0.3, -0.25) is 24.5 Å². The second kappa shape index (κ2) is 8.80. The van der Waals surface area contributed by atoms with E-state index in [0.29, 0.717) is 10.2 Å². The van der Waals surface area contributed by atoms with E-state index in [9.17, 15) is 24.5 Å². The molecule has 0 heterocycles. The molecule has 1 aromatic carbocycles. The van der Waals surface area contributed by atoms with Gasteiger partial charge in [-0.1, -0.05) is 0 Å². The third-order valence-corrected chi connectivity index (χ3v) is 2.45. The zero-order valence-corrected chi connectivity index (χ0v) is 13.1. The van der Waals surface area contributed by atoms with Gasteiger partial charge in [-0.2, -0.15) is 0 Å². The van der Waals surface area contributed by atoms with Crippen LogP contribution in [0.4, 0.5) is 11.4 Å². The second-order valence-corrected chi connectivity index (χ2v) is 4.54. The molecule has 0 fully saturated rings. The van der Waals surface area contributed by atoms with E-state index in [1.54, 1.807) is 0 Å². The summed E-state index contributed by atoms with van der Waals surface area (Å²) in [7, 11) is 0. The number of carbonyl (C=O) groups is 3. The van der Waals surface area contributed by atoms with Gasteiger partial charge in [0.05, 0.1) is 10.6 Å². The number of anilines is 1. The van der Waals surface area contributed by atoms with Gasteiger partial charge in [-0.15, -0.1) is 0 Å². The number of nitrogens with zero attached hydrogens (tertiary/aromatic N) is 1. The molecule has 0 bridgehead atoms. The number of nitro benzene ring substituents is 1. The molecule has 8 nitrogen and oxygen atoms in total. The molecule has 1 rings (SSSR count). The summed E-state index contributed by atoms with van der Waals surface area (Å²) in [5.74, 6) is -1.40. The van der Waals surface area contributed by atoms with Crippen molar-refractivity contribution >= 4 is 45.2 Å². The first-order valence-electron chi connectivity index (χ1n) is 5.54. The van der Waals surface area contributed by atoms with E-state index in [4.69, 9.17) is 0 Å². The average molecular weight is 361 g/mol. The molecule has 0 radical (unpaired) electrons. The summed E-state index contributed by atoms with van der Waals surface area (Å²) in [5.41, 5.74) is 0.337. The highest BCUT2D eigenvalue weighted by atomic mass is 79.9. The minimum absolute atomic E-state index is 0.0584. The van der Waals surface area contributed by atoms with Gasteiger partial charge in [-0.25, -0.2) is 0 Å². The Kier molecular flexibility index (Phi) is 7.84. The van der Waals surface area contributed by atoms with Gasteiger partial charge in [-0.05, 0) is 22.0 Å². The number of amides is 1. The number of rotatable bonds is 2. The van der Waals surface area contributed by atoms with Crippen molar-refractivity contribution in [1.82, 2.24) is 0 Å². The lowest BCUT2D eigenvalue weighted by Crippen LogP contribution is -2.06. The third-order valence-electron chi connectivity index (χ3n) is 1.76. The number of esters is 2. The summed E-state index contributed by atoms with van der Waals surface area (Å²) in [6.45, 7) is 3.70. The van der Waals surface area contributed by atoms with Crippen molar-refractivity contribution in [2.24, 2.45) is 0 Å². The SMILES string of the molecule is CC(=O)Nc1cc([N+](=O)[O-])ccc1Br.CC(=O)OC(C)=O. The predicted octanol–water partition coefficient (Wildman–Crippen LogP) is 2.41. The van der Waals surface area contributed by atoms with Crippen LogP contribution in [0.5, 0.6) is 0 Å². The Morgan fingerprint density at radius 3 is 2.05 bits per heavy atom. The molecule has 1 N–H and O–H groups in total. The van der Waals surface area contributed by atoms with Crippen LogP contribution >= 0.6 is 15.9 Å². The Labute approximate surface area is 128 Å². The van der Waals surface area contributed by atoms with Gasteiger partial charge >= 0.3 is 11.9 Å². The van der Waals surface area contributed by atoms with E-state index in [1.165, 1.54) is 39.0 Å². The van der Waals surface area contributed by atoms with Crippen LogP contribution < -0.4 is 5.32 Å². The molecule has 21 heavy (non-hydrogen) atoms. The summed E-state index contributed by atoms with van der Waals surface area (Å²) in [6, 6.07) is 4.17. The first-order valence-corrected chi connectivity index (χ1v) is 6.33. The lowest BCUT2D eigenvalue weighted by Gasteiger charge is -2.03. The molecule has 0 saturated carbocycles. The molecule has 0 aromatic heterocycles. The van der Waals surface area contributed by atoms with E-state index >= 15 is 0 Å². The van der Waals surface area contributed by atoms with Gasteiger partial charge in [0.1, 0.15) is 0 Å². The maximum atomic E-state index is 10.7. The summed E-state index contributed by atoms with van der Waals surface area (Å²) >= 11 is 3.17. The molecule has 9 heteroatoms. The zero-order chi connectivity index (χ0) is 16.6. The zero-order valence-electron chi connectivity index (χ0n) is 11.5. The Hall–Kier alpha value is -2.29. The summed E-state index contributed by atoms with van der Waals surface area (Å²) in [4.78, 5) is 40.3. The number of halogens is 1. The third kappa shape index (κ3) is 8.47. The van der Waals surface area contributed by atoms with E-state index in [2.05, 4.69) is 26.0 Å². The van der Waals surface area contributed by atoms with Crippen LogP contribution in [0.3, 0.4) is 0 Å². The number of nitrogens with one attached hydrogen (secondary N) is 1. The number of hydrogen-bond acceptors (Lipinski definition) is 6. The van der Waals surface area contributed by atoms with Crippen LogP contribution in [0.2, 0.25) is 0 Å². The quantitative estimate of drug-likeness (QED) is 0.374. The van der Waals surface area contributed by atoms with Gasteiger partial charge in [0.25, 0.3) is 5.69 Å². The largest absolute Gasteiger partial charge is 0.394 e. The molecule has 0 aliphatic carbocycles. The van der Waals surface area contributed by atoms with Crippen LogP contribution in [0.1, 0.15) is 20.8 Å². The Balaban J connectivity index is 0.000000486. The maximum absolute atomic E-state index is 10.7. The molecule has 1 amide bonds. The standard InChI is InChI=1S/C8H7BrN2O3.C4H6O3/c1-5(12)10-8-4-6(11(13)14)2-3-7(8)9;1-3(5)7-4(2)6/h2-4H,1H3,(H,10,12);1-2H3. The first kappa shape index (κ1) is 18.7. The molecule has 0 saturated heterocycles. The Morgan fingerprint density at radius 2 is 1.71 bits per heavy atom. The lowest BCUT2D eigenvalue weighted by atomic mass is 10.3. The average Bonchev–Trinajstić information content (AvgIpc) is 2.30. The fourth-order valence-corrected chi connectivity index (χ4v) is 1.46. The maximum Gasteiger partial charge on any atom is 0.310 e. The number of non-ortho nitro benzene ring substituents is 1. The van der Waals surface area contributed by atoms with Gasteiger partial charge < -0.3 is 10.1 Å². The van der Waals surface area contributed by atoms with E-state index in [1.807, 2.05) is 0 Å². The monoisotopic (exact) mass is 360 g/mol. The van der Waals surface area contributed by atoms with Crippen LogP contribution in [0.25, 0.3) is 0 Å². The molecule has 0 aliphatic heterocycles. The Bertz CT molecular complexity index is 561. The van der Waals surface area contributed by atoms with Crippen LogP contribution in [0, 0.1) is 10.1 Å². The minimum Gasteiger partial charge on any atom is -0.394 e. The molecule has 0 aliphatic rings. The van der Waals surface area contributed by atoms with Crippen molar-refractivity contribution in [3.8, 4) is 0 Å². The highest BCUT2D eigenvalue weighted by molar-refractivity contribution is 9.10.